The van der Waals surface area contributed by atoms with E-state index < -0.39 is 8.32 Å². The monoisotopic (exact) mass is 233 g/mol. The van der Waals surface area contributed by atoms with Crippen molar-refractivity contribution in [2.75, 3.05) is 0 Å². The molecule has 0 saturated heterocycles. The van der Waals surface area contributed by atoms with Gasteiger partial charge < -0.3 is 4.43 Å². The molecule has 0 bridgehead atoms. The Balaban J connectivity index is 2.86. The fourth-order valence-electron chi connectivity index (χ4n) is 1.52. The third-order valence-electron chi connectivity index (χ3n) is 2.22. The van der Waals surface area contributed by atoms with Crippen LogP contribution in [0.5, 0.6) is 0 Å². The van der Waals surface area contributed by atoms with Crippen molar-refractivity contribution in [1.29, 1.82) is 5.26 Å². The molecule has 0 heterocycles. The molecule has 1 unspecified atom stereocenters. The Kier molecular flexibility index (Phi) is 4.28. The lowest BCUT2D eigenvalue weighted by molar-refractivity contribution is 0.203. The zero-order valence-corrected chi connectivity index (χ0v) is 11.4. The molecule has 0 amide bonds. The maximum absolute atomic E-state index is 8.83. The van der Waals surface area contributed by atoms with Crippen LogP contribution < -0.4 is 0 Å². The lowest BCUT2D eigenvalue weighted by Gasteiger charge is -2.25. The smallest absolute Gasteiger partial charge is 0.184 e. The minimum Gasteiger partial charge on any atom is -0.410 e. The Morgan fingerprint density at radius 1 is 1.25 bits per heavy atom. The van der Waals surface area contributed by atoms with E-state index in [4.69, 9.17) is 9.69 Å². The van der Waals surface area contributed by atoms with Crippen LogP contribution in [0, 0.1) is 18.3 Å². The van der Waals surface area contributed by atoms with E-state index in [1.54, 1.807) is 0 Å². The number of hydrogen-bond acceptors (Lipinski definition) is 2. The summed E-state index contributed by atoms with van der Waals surface area (Å²) in [7, 11) is -1.61. The normalized spacial score (nSPS) is 13.2. The molecule has 1 aromatic carbocycles. The van der Waals surface area contributed by atoms with Crippen LogP contribution in [0.15, 0.2) is 24.3 Å². The van der Waals surface area contributed by atoms with Gasteiger partial charge in [-0.05, 0) is 32.1 Å². The average Bonchev–Trinajstić information content (AvgIpc) is 2.16. The van der Waals surface area contributed by atoms with E-state index in [1.807, 2.05) is 0 Å². The van der Waals surface area contributed by atoms with Crippen LogP contribution in [0.25, 0.3) is 0 Å². The van der Waals surface area contributed by atoms with Crippen molar-refractivity contribution in [3.8, 4) is 6.07 Å². The molecule has 0 aliphatic heterocycles. The van der Waals surface area contributed by atoms with Crippen LogP contribution in [-0.4, -0.2) is 8.32 Å². The maximum atomic E-state index is 8.83. The van der Waals surface area contributed by atoms with Gasteiger partial charge in [-0.3, -0.25) is 0 Å². The molecule has 2 nitrogen and oxygen atoms in total. The Morgan fingerprint density at radius 3 is 2.25 bits per heavy atom. The SMILES string of the molecule is Cc1ccc(C(CC#N)O[Si](C)(C)C)cc1. The van der Waals surface area contributed by atoms with Gasteiger partial charge in [0.15, 0.2) is 8.32 Å². The van der Waals surface area contributed by atoms with Gasteiger partial charge in [-0.2, -0.15) is 5.26 Å². The van der Waals surface area contributed by atoms with Crippen molar-refractivity contribution in [3.05, 3.63) is 35.4 Å². The summed E-state index contributed by atoms with van der Waals surface area (Å²) in [5.74, 6) is 0. The Morgan fingerprint density at radius 2 is 1.81 bits per heavy atom. The molecule has 0 aliphatic carbocycles. The van der Waals surface area contributed by atoms with E-state index in [1.165, 1.54) is 5.56 Å². The second kappa shape index (κ2) is 5.29. The molecule has 0 radical (unpaired) electrons. The molecule has 0 N–H and O–H groups in total. The van der Waals surface area contributed by atoms with E-state index in [2.05, 4.69) is 56.9 Å². The van der Waals surface area contributed by atoms with Crippen LogP contribution in [0.1, 0.15) is 23.7 Å². The third-order valence-corrected chi connectivity index (χ3v) is 3.21. The highest BCUT2D eigenvalue weighted by Crippen LogP contribution is 2.25. The summed E-state index contributed by atoms with van der Waals surface area (Å²) in [6, 6.07) is 10.4. The largest absolute Gasteiger partial charge is 0.410 e. The van der Waals surface area contributed by atoms with Gasteiger partial charge in [0.05, 0.1) is 18.6 Å². The van der Waals surface area contributed by atoms with Crippen molar-refractivity contribution in [2.24, 2.45) is 0 Å². The second-order valence-corrected chi connectivity index (χ2v) is 9.45. The van der Waals surface area contributed by atoms with Gasteiger partial charge in [0.2, 0.25) is 0 Å². The predicted octanol–water partition coefficient (Wildman–Crippen LogP) is 3.80. The first-order chi connectivity index (χ1) is 7.42. The van der Waals surface area contributed by atoms with Crippen molar-refractivity contribution in [3.63, 3.8) is 0 Å². The third kappa shape index (κ3) is 4.17. The molecule has 1 rings (SSSR count). The van der Waals surface area contributed by atoms with Gasteiger partial charge in [-0.15, -0.1) is 0 Å². The molecule has 1 aromatic rings. The molecule has 0 spiro atoms. The van der Waals surface area contributed by atoms with E-state index >= 15 is 0 Å². The number of benzene rings is 1. The van der Waals surface area contributed by atoms with E-state index in [-0.39, 0.29) is 6.10 Å². The molecular weight excluding hydrogens is 214 g/mol. The fraction of sp³-hybridized carbons (Fsp3) is 0.462. The van der Waals surface area contributed by atoms with E-state index in [9.17, 15) is 0 Å². The predicted molar refractivity (Wildman–Crippen MR) is 68.6 cm³/mol. The highest BCUT2D eigenvalue weighted by molar-refractivity contribution is 6.69. The molecule has 0 saturated carbocycles. The highest BCUT2D eigenvalue weighted by Gasteiger charge is 2.22. The zero-order chi connectivity index (χ0) is 12.2. The summed E-state index contributed by atoms with van der Waals surface area (Å²) >= 11 is 0. The highest BCUT2D eigenvalue weighted by atomic mass is 28.4. The standard InChI is InChI=1S/C13H19NOSi/c1-11-5-7-12(8-6-11)13(9-10-14)15-16(2,3)4/h5-8,13H,9H2,1-4H3. The summed E-state index contributed by atoms with van der Waals surface area (Å²) in [6.45, 7) is 8.49. The fourth-order valence-corrected chi connectivity index (χ4v) is 2.59. The lowest BCUT2D eigenvalue weighted by Crippen LogP contribution is -2.27. The van der Waals surface area contributed by atoms with Crippen molar-refractivity contribution in [2.45, 2.75) is 39.1 Å². The summed E-state index contributed by atoms with van der Waals surface area (Å²) < 4.78 is 6.02. The van der Waals surface area contributed by atoms with Crippen molar-refractivity contribution >= 4 is 8.32 Å². The molecular formula is C13H19NOSi. The summed E-state index contributed by atoms with van der Waals surface area (Å²) in [4.78, 5) is 0. The van der Waals surface area contributed by atoms with Gasteiger partial charge in [0.25, 0.3) is 0 Å². The van der Waals surface area contributed by atoms with E-state index in [0.717, 1.165) is 5.56 Å². The molecule has 16 heavy (non-hydrogen) atoms. The van der Waals surface area contributed by atoms with Crippen molar-refractivity contribution in [1.82, 2.24) is 0 Å². The summed E-state index contributed by atoms with van der Waals surface area (Å²) in [5, 5.41) is 8.83. The number of aryl methyl sites for hydroxylation is 1. The quantitative estimate of drug-likeness (QED) is 0.741. The minimum absolute atomic E-state index is 0.0720. The van der Waals surface area contributed by atoms with Crippen LogP contribution in [0.4, 0.5) is 0 Å². The lowest BCUT2D eigenvalue weighted by atomic mass is 10.1. The number of nitrogens with zero attached hydrogens (tertiary/aromatic N) is 1. The molecule has 0 fully saturated rings. The maximum Gasteiger partial charge on any atom is 0.184 e. The van der Waals surface area contributed by atoms with Gasteiger partial charge in [0, 0.05) is 0 Å². The Hall–Kier alpha value is -1.11. The van der Waals surface area contributed by atoms with Gasteiger partial charge in [0.1, 0.15) is 0 Å². The molecule has 3 heteroatoms. The summed E-state index contributed by atoms with van der Waals surface area (Å²) in [6.07, 6.45) is 0.352. The average molecular weight is 233 g/mol. The van der Waals surface area contributed by atoms with Crippen LogP contribution in [0.2, 0.25) is 19.6 Å². The van der Waals surface area contributed by atoms with Crippen LogP contribution in [-0.2, 0) is 4.43 Å². The van der Waals surface area contributed by atoms with E-state index in [0.29, 0.717) is 6.42 Å². The number of nitriles is 1. The number of hydrogen-bond donors (Lipinski definition) is 0. The minimum atomic E-state index is -1.61. The van der Waals surface area contributed by atoms with Gasteiger partial charge in [-0.25, -0.2) is 0 Å². The zero-order valence-electron chi connectivity index (χ0n) is 10.4. The second-order valence-electron chi connectivity index (χ2n) is 4.99. The first-order valence-corrected chi connectivity index (χ1v) is 8.94. The van der Waals surface area contributed by atoms with Crippen molar-refractivity contribution < 1.29 is 4.43 Å². The van der Waals surface area contributed by atoms with Crippen LogP contribution in [0.3, 0.4) is 0 Å². The van der Waals surface area contributed by atoms with Crippen LogP contribution >= 0.6 is 0 Å². The first-order valence-electron chi connectivity index (χ1n) is 5.54. The number of rotatable bonds is 4. The Labute approximate surface area is 99.0 Å². The molecule has 1 atom stereocenters. The molecule has 0 aliphatic rings. The summed E-state index contributed by atoms with van der Waals surface area (Å²) in [5.41, 5.74) is 2.34. The first kappa shape index (κ1) is 13.0. The van der Waals surface area contributed by atoms with Gasteiger partial charge in [-0.1, -0.05) is 29.8 Å². The Bertz CT molecular complexity index is 372. The molecule has 86 valence electrons. The molecule has 0 aromatic heterocycles. The topological polar surface area (TPSA) is 33.0 Å². The van der Waals surface area contributed by atoms with Gasteiger partial charge >= 0.3 is 0 Å².